The standard InChI is InChI=1S/C13H14FNO/c1-9-5-10(7-11(14)6-9)13(15)8-12-3-2-4-16-12/h2-7,13H,8,15H2,1H3. The lowest BCUT2D eigenvalue weighted by Gasteiger charge is -2.11. The van der Waals surface area contributed by atoms with Crippen molar-refractivity contribution in [3.8, 4) is 0 Å². The number of aryl methyl sites for hydroxylation is 1. The lowest BCUT2D eigenvalue weighted by atomic mass is 10.0. The van der Waals surface area contributed by atoms with Gasteiger partial charge >= 0.3 is 0 Å². The molecule has 0 amide bonds. The molecule has 1 unspecified atom stereocenters. The summed E-state index contributed by atoms with van der Waals surface area (Å²) in [6.07, 6.45) is 2.19. The molecule has 0 saturated carbocycles. The predicted octanol–water partition coefficient (Wildman–Crippen LogP) is 2.97. The number of hydrogen-bond donors (Lipinski definition) is 1. The summed E-state index contributed by atoms with van der Waals surface area (Å²) in [7, 11) is 0. The summed E-state index contributed by atoms with van der Waals surface area (Å²) < 4.78 is 18.4. The zero-order valence-electron chi connectivity index (χ0n) is 9.11. The SMILES string of the molecule is Cc1cc(F)cc(C(N)Cc2ccco2)c1. The Morgan fingerprint density at radius 3 is 2.81 bits per heavy atom. The van der Waals surface area contributed by atoms with Crippen molar-refractivity contribution in [3.05, 3.63) is 59.3 Å². The first-order chi connectivity index (χ1) is 7.65. The van der Waals surface area contributed by atoms with Crippen LogP contribution in [0.5, 0.6) is 0 Å². The Hall–Kier alpha value is -1.61. The van der Waals surface area contributed by atoms with Gasteiger partial charge in [-0.15, -0.1) is 0 Å². The zero-order valence-corrected chi connectivity index (χ0v) is 9.11. The first-order valence-corrected chi connectivity index (χ1v) is 5.20. The van der Waals surface area contributed by atoms with E-state index in [4.69, 9.17) is 10.2 Å². The first-order valence-electron chi connectivity index (χ1n) is 5.20. The molecule has 0 aliphatic rings. The Morgan fingerprint density at radius 2 is 2.19 bits per heavy atom. The zero-order chi connectivity index (χ0) is 11.5. The van der Waals surface area contributed by atoms with Crippen LogP contribution in [0, 0.1) is 12.7 Å². The number of benzene rings is 1. The minimum atomic E-state index is -0.245. The summed E-state index contributed by atoms with van der Waals surface area (Å²) in [4.78, 5) is 0. The van der Waals surface area contributed by atoms with Gasteiger partial charge in [0.25, 0.3) is 0 Å². The molecule has 16 heavy (non-hydrogen) atoms. The fraction of sp³-hybridized carbons (Fsp3) is 0.231. The maximum Gasteiger partial charge on any atom is 0.123 e. The van der Waals surface area contributed by atoms with E-state index in [1.165, 1.54) is 12.1 Å². The monoisotopic (exact) mass is 219 g/mol. The molecule has 1 atom stereocenters. The van der Waals surface area contributed by atoms with Crippen LogP contribution in [0.3, 0.4) is 0 Å². The van der Waals surface area contributed by atoms with Crippen LogP contribution in [-0.2, 0) is 6.42 Å². The van der Waals surface area contributed by atoms with E-state index in [9.17, 15) is 4.39 Å². The second-order valence-electron chi connectivity index (χ2n) is 3.95. The minimum absolute atomic E-state index is 0.236. The Morgan fingerprint density at radius 1 is 1.38 bits per heavy atom. The van der Waals surface area contributed by atoms with Crippen molar-refractivity contribution in [3.63, 3.8) is 0 Å². The van der Waals surface area contributed by atoms with Crippen molar-refractivity contribution < 1.29 is 8.81 Å². The molecule has 2 nitrogen and oxygen atoms in total. The van der Waals surface area contributed by atoms with Gasteiger partial charge in [0.2, 0.25) is 0 Å². The highest BCUT2D eigenvalue weighted by Gasteiger charge is 2.10. The van der Waals surface area contributed by atoms with Crippen molar-refractivity contribution >= 4 is 0 Å². The van der Waals surface area contributed by atoms with Crippen molar-refractivity contribution in [2.45, 2.75) is 19.4 Å². The number of rotatable bonds is 3. The molecule has 0 aliphatic carbocycles. The molecular weight excluding hydrogens is 205 g/mol. The predicted molar refractivity (Wildman–Crippen MR) is 60.5 cm³/mol. The molecule has 0 spiro atoms. The molecule has 0 radical (unpaired) electrons. The van der Waals surface area contributed by atoms with Gasteiger partial charge in [0.05, 0.1) is 6.26 Å². The number of hydrogen-bond acceptors (Lipinski definition) is 2. The molecule has 0 fully saturated rings. The van der Waals surface area contributed by atoms with Gasteiger partial charge in [-0.3, -0.25) is 0 Å². The van der Waals surface area contributed by atoms with Crippen LogP contribution in [0.25, 0.3) is 0 Å². The van der Waals surface area contributed by atoms with Crippen LogP contribution in [0.4, 0.5) is 4.39 Å². The lowest BCUT2D eigenvalue weighted by molar-refractivity contribution is 0.487. The molecule has 84 valence electrons. The third kappa shape index (κ3) is 2.49. The molecule has 1 aromatic heterocycles. The molecule has 0 aliphatic heterocycles. The molecule has 2 rings (SSSR count). The summed E-state index contributed by atoms with van der Waals surface area (Å²) in [5, 5.41) is 0. The van der Waals surface area contributed by atoms with E-state index < -0.39 is 0 Å². The van der Waals surface area contributed by atoms with E-state index in [0.717, 1.165) is 16.9 Å². The van der Waals surface area contributed by atoms with Crippen molar-refractivity contribution in [1.29, 1.82) is 0 Å². The second-order valence-corrected chi connectivity index (χ2v) is 3.95. The van der Waals surface area contributed by atoms with Gasteiger partial charge in [0.15, 0.2) is 0 Å². The van der Waals surface area contributed by atoms with E-state index in [1.807, 2.05) is 25.1 Å². The van der Waals surface area contributed by atoms with Crippen molar-refractivity contribution in [2.75, 3.05) is 0 Å². The van der Waals surface area contributed by atoms with Crippen LogP contribution in [0.15, 0.2) is 41.0 Å². The Kier molecular flexibility index (Phi) is 3.06. The average molecular weight is 219 g/mol. The highest BCUT2D eigenvalue weighted by Crippen LogP contribution is 2.18. The smallest absolute Gasteiger partial charge is 0.123 e. The van der Waals surface area contributed by atoms with Gasteiger partial charge in [-0.25, -0.2) is 4.39 Å². The van der Waals surface area contributed by atoms with Gasteiger partial charge in [-0.1, -0.05) is 6.07 Å². The lowest BCUT2D eigenvalue weighted by Crippen LogP contribution is -2.13. The minimum Gasteiger partial charge on any atom is -0.469 e. The molecule has 0 bridgehead atoms. The molecule has 2 aromatic rings. The molecule has 1 heterocycles. The molecule has 1 aromatic carbocycles. The van der Waals surface area contributed by atoms with Crippen LogP contribution in [0.2, 0.25) is 0 Å². The third-order valence-corrected chi connectivity index (χ3v) is 2.49. The van der Waals surface area contributed by atoms with Gasteiger partial charge in [-0.2, -0.15) is 0 Å². The summed E-state index contributed by atoms with van der Waals surface area (Å²) in [5.41, 5.74) is 7.68. The summed E-state index contributed by atoms with van der Waals surface area (Å²) in [5.74, 6) is 0.569. The van der Waals surface area contributed by atoms with Crippen molar-refractivity contribution in [1.82, 2.24) is 0 Å². The Labute approximate surface area is 93.9 Å². The first kappa shape index (κ1) is 10.9. The summed E-state index contributed by atoms with van der Waals surface area (Å²) >= 11 is 0. The van der Waals surface area contributed by atoms with Crippen LogP contribution in [-0.4, -0.2) is 0 Å². The summed E-state index contributed by atoms with van der Waals surface area (Å²) in [6.45, 7) is 1.85. The van der Waals surface area contributed by atoms with Crippen LogP contribution >= 0.6 is 0 Å². The number of nitrogens with two attached hydrogens (primary N) is 1. The maximum absolute atomic E-state index is 13.2. The molecule has 3 heteroatoms. The topological polar surface area (TPSA) is 39.2 Å². The van der Waals surface area contributed by atoms with Crippen LogP contribution in [0.1, 0.15) is 22.9 Å². The Bertz CT molecular complexity index is 445. The Balaban J connectivity index is 2.17. The number of halogens is 1. The van der Waals surface area contributed by atoms with Gasteiger partial charge in [0, 0.05) is 12.5 Å². The van der Waals surface area contributed by atoms with E-state index in [0.29, 0.717) is 6.42 Å². The van der Waals surface area contributed by atoms with E-state index in [1.54, 1.807) is 6.26 Å². The van der Waals surface area contributed by atoms with Crippen molar-refractivity contribution in [2.24, 2.45) is 5.73 Å². The van der Waals surface area contributed by atoms with Crippen LogP contribution < -0.4 is 5.73 Å². The van der Waals surface area contributed by atoms with Gasteiger partial charge in [0.1, 0.15) is 11.6 Å². The van der Waals surface area contributed by atoms with E-state index in [2.05, 4.69) is 0 Å². The third-order valence-electron chi connectivity index (χ3n) is 2.49. The quantitative estimate of drug-likeness (QED) is 0.861. The van der Waals surface area contributed by atoms with E-state index in [-0.39, 0.29) is 11.9 Å². The molecular formula is C13H14FNO. The molecule has 0 saturated heterocycles. The summed E-state index contributed by atoms with van der Waals surface area (Å²) in [6, 6.07) is 8.31. The fourth-order valence-corrected chi connectivity index (χ4v) is 1.74. The largest absolute Gasteiger partial charge is 0.469 e. The highest BCUT2D eigenvalue weighted by atomic mass is 19.1. The fourth-order valence-electron chi connectivity index (χ4n) is 1.74. The van der Waals surface area contributed by atoms with Gasteiger partial charge < -0.3 is 10.2 Å². The highest BCUT2D eigenvalue weighted by molar-refractivity contribution is 5.26. The van der Waals surface area contributed by atoms with Gasteiger partial charge in [-0.05, 0) is 42.3 Å². The maximum atomic E-state index is 13.2. The normalized spacial score (nSPS) is 12.7. The average Bonchev–Trinajstić information content (AvgIpc) is 2.68. The molecule has 2 N–H and O–H groups in total. The van der Waals surface area contributed by atoms with E-state index >= 15 is 0 Å². The number of furan rings is 1. The second kappa shape index (κ2) is 4.49.